The first-order valence-corrected chi connectivity index (χ1v) is 9.56. The highest BCUT2D eigenvalue weighted by molar-refractivity contribution is 7.12. The largest absolute Gasteiger partial charge is 0.338 e. The molecule has 3 rings (SSSR count). The Morgan fingerprint density at radius 1 is 1.33 bits per heavy atom. The average molecular weight is 388 g/mol. The number of nitrogens with one attached hydrogen (secondary N) is 1. The van der Waals surface area contributed by atoms with E-state index in [4.69, 9.17) is 0 Å². The van der Waals surface area contributed by atoms with Gasteiger partial charge < -0.3 is 10.2 Å². The van der Waals surface area contributed by atoms with E-state index in [9.17, 15) is 14.0 Å². The van der Waals surface area contributed by atoms with Gasteiger partial charge in [-0.05, 0) is 24.4 Å². The first kappa shape index (κ1) is 19.0. The molecule has 1 aliphatic heterocycles. The van der Waals surface area contributed by atoms with Gasteiger partial charge in [0.15, 0.2) is 0 Å². The summed E-state index contributed by atoms with van der Waals surface area (Å²) >= 11 is 1.52. The molecule has 8 heteroatoms. The van der Waals surface area contributed by atoms with E-state index < -0.39 is 6.04 Å². The molecular formula is C19H21FN4O2S. The third kappa shape index (κ3) is 4.16. The lowest BCUT2D eigenvalue weighted by Gasteiger charge is -2.25. The lowest BCUT2D eigenvalue weighted by Crippen LogP contribution is -2.43. The van der Waals surface area contributed by atoms with Crippen molar-refractivity contribution in [3.05, 3.63) is 58.0 Å². The third-order valence-electron chi connectivity index (χ3n) is 4.28. The van der Waals surface area contributed by atoms with E-state index >= 15 is 0 Å². The van der Waals surface area contributed by atoms with Crippen molar-refractivity contribution in [3.63, 3.8) is 0 Å². The Labute approximate surface area is 161 Å². The summed E-state index contributed by atoms with van der Waals surface area (Å²) < 4.78 is 14.4. The van der Waals surface area contributed by atoms with Crippen LogP contribution in [0, 0.1) is 5.82 Å². The molecule has 1 aromatic carbocycles. The van der Waals surface area contributed by atoms with Crippen molar-refractivity contribution in [2.45, 2.75) is 19.4 Å². The highest BCUT2D eigenvalue weighted by Gasteiger charge is 2.35. The molecule has 3 amide bonds. The van der Waals surface area contributed by atoms with Gasteiger partial charge in [-0.25, -0.2) is 14.2 Å². The number of hydrazone groups is 1. The molecule has 6 nitrogen and oxygen atoms in total. The van der Waals surface area contributed by atoms with Crippen LogP contribution >= 0.6 is 11.3 Å². The van der Waals surface area contributed by atoms with Gasteiger partial charge in [0.1, 0.15) is 12.4 Å². The van der Waals surface area contributed by atoms with Crippen molar-refractivity contribution in [2.75, 3.05) is 20.1 Å². The maximum atomic E-state index is 14.4. The van der Waals surface area contributed by atoms with Crippen molar-refractivity contribution in [1.29, 1.82) is 0 Å². The number of benzene rings is 1. The number of hydrogen-bond acceptors (Lipinski definition) is 4. The first-order chi connectivity index (χ1) is 13.0. The quantitative estimate of drug-likeness (QED) is 0.855. The predicted octanol–water partition coefficient (Wildman–Crippen LogP) is 3.23. The summed E-state index contributed by atoms with van der Waals surface area (Å²) in [7, 11) is 1.54. The molecule has 1 N–H and O–H groups in total. The highest BCUT2D eigenvalue weighted by Crippen LogP contribution is 2.35. The molecule has 0 aliphatic carbocycles. The summed E-state index contributed by atoms with van der Waals surface area (Å²) in [5.74, 6) is -0.733. The van der Waals surface area contributed by atoms with Gasteiger partial charge >= 0.3 is 6.03 Å². The van der Waals surface area contributed by atoms with Gasteiger partial charge in [-0.15, -0.1) is 11.3 Å². The smallest absolute Gasteiger partial charge is 0.317 e. The van der Waals surface area contributed by atoms with Crippen LogP contribution < -0.4 is 5.32 Å². The van der Waals surface area contributed by atoms with Crippen LogP contribution in [-0.2, 0) is 4.79 Å². The van der Waals surface area contributed by atoms with E-state index in [0.717, 1.165) is 10.6 Å². The monoisotopic (exact) mass is 388 g/mol. The number of carbonyl (C=O) groups excluding carboxylic acids is 2. The second-order valence-electron chi connectivity index (χ2n) is 6.20. The Bertz CT molecular complexity index is 853. The molecule has 0 fully saturated rings. The summed E-state index contributed by atoms with van der Waals surface area (Å²) in [5, 5.41) is 10.4. The van der Waals surface area contributed by atoms with Crippen LogP contribution in [-0.4, -0.2) is 47.7 Å². The first-order valence-electron chi connectivity index (χ1n) is 8.68. The molecule has 1 aliphatic rings. The second-order valence-corrected chi connectivity index (χ2v) is 7.14. The van der Waals surface area contributed by atoms with E-state index in [1.165, 1.54) is 27.3 Å². The molecule has 142 valence electrons. The summed E-state index contributed by atoms with van der Waals surface area (Å²) in [6, 6.07) is 9.37. The molecule has 0 unspecified atom stereocenters. The Morgan fingerprint density at radius 3 is 2.78 bits per heavy atom. The van der Waals surface area contributed by atoms with Crippen LogP contribution in [0.25, 0.3) is 0 Å². The van der Waals surface area contributed by atoms with Gasteiger partial charge in [-0.2, -0.15) is 5.10 Å². The molecule has 0 spiro atoms. The van der Waals surface area contributed by atoms with Crippen molar-refractivity contribution in [2.24, 2.45) is 5.10 Å². The van der Waals surface area contributed by atoms with E-state index in [-0.39, 0.29) is 24.3 Å². The van der Waals surface area contributed by atoms with Crippen LogP contribution in [0.2, 0.25) is 0 Å². The number of carbonyl (C=O) groups is 2. The van der Waals surface area contributed by atoms with Gasteiger partial charge in [-0.3, -0.25) is 4.79 Å². The maximum Gasteiger partial charge on any atom is 0.317 e. The average Bonchev–Trinajstić information content (AvgIpc) is 3.32. The zero-order valence-electron chi connectivity index (χ0n) is 15.2. The number of likely N-dealkylation sites (N-methyl/N-ethyl adjacent to an activating group) is 1. The Morgan fingerprint density at radius 2 is 2.11 bits per heavy atom. The summed E-state index contributed by atoms with van der Waals surface area (Å²) in [4.78, 5) is 27.0. The lowest BCUT2D eigenvalue weighted by molar-refractivity contribution is -0.133. The van der Waals surface area contributed by atoms with Crippen molar-refractivity contribution >= 4 is 29.0 Å². The Hall–Kier alpha value is -2.74. The zero-order chi connectivity index (χ0) is 19.4. The number of rotatable bonds is 5. The maximum absolute atomic E-state index is 14.4. The number of halogens is 1. The number of thiophene rings is 1. The molecule has 1 aromatic heterocycles. The molecule has 1 atom stereocenters. The Kier molecular flexibility index (Phi) is 5.85. The number of nitrogens with zero attached hydrogens (tertiary/aromatic N) is 3. The van der Waals surface area contributed by atoms with Crippen molar-refractivity contribution in [1.82, 2.24) is 15.2 Å². The lowest BCUT2D eigenvalue weighted by atomic mass is 10.0. The fourth-order valence-corrected chi connectivity index (χ4v) is 3.67. The summed E-state index contributed by atoms with van der Waals surface area (Å²) in [5.41, 5.74) is 1.16. The molecule has 0 saturated carbocycles. The number of urea groups is 1. The third-order valence-corrected chi connectivity index (χ3v) is 5.20. The minimum atomic E-state index is -0.529. The van der Waals surface area contributed by atoms with Crippen molar-refractivity contribution < 1.29 is 14.0 Å². The van der Waals surface area contributed by atoms with Crippen LogP contribution in [0.15, 0.2) is 46.9 Å². The molecule has 27 heavy (non-hydrogen) atoms. The van der Waals surface area contributed by atoms with Gasteiger partial charge in [0.2, 0.25) is 0 Å². The topological polar surface area (TPSA) is 65.0 Å². The molecule has 2 heterocycles. The van der Waals surface area contributed by atoms with Crippen LogP contribution in [0.1, 0.15) is 29.8 Å². The zero-order valence-corrected chi connectivity index (χ0v) is 16.0. The van der Waals surface area contributed by atoms with Crippen LogP contribution in [0.4, 0.5) is 9.18 Å². The van der Waals surface area contributed by atoms with Gasteiger partial charge in [0.05, 0.1) is 16.6 Å². The van der Waals surface area contributed by atoms with Crippen LogP contribution in [0.5, 0.6) is 0 Å². The minimum absolute atomic E-state index is 0.141. The SMILES string of the molecule is CCNC(=O)N(C)CC(=O)N1N=C(c2cccs2)C[C@@H]1c1ccccc1F. The predicted molar refractivity (Wildman–Crippen MR) is 103 cm³/mol. The minimum Gasteiger partial charge on any atom is -0.338 e. The second kappa shape index (κ2) is 8.30. The number of hydrogen-bond donors (Lipinski definition) is 1. The Balaban J connectivity index is 1.86. The fourth-order valence-electron chi connectivity index (χ4n) is 2.95. The van der Waals surface area contributed by atoms with Crippen molar-refractivity contribution in [3.8, 4) is 0 Å². The molecule has 0 saturated heterocycles. The van der Waals surface area contributed by atoms with E-state index in [1.54, 1.807) is 32.2 Å². The van der Waals surface area contributed by atoms with Gasteiger partial charge in [0, 0.05) is 25.6 Å². The normalized spacial score (nSPS) is 16.2. The molecule has 0 bridgehead atoms. The summed E-state index contributed by atoms with van der Waals surface area (Å²) in [6.45, 7) is 2.14. The van der Waals surface area contributed by atoms with Gasteiger partial charge in [-0.1, -0.05) is 24.3 Å². The van der Waals surface area contributed by atoms with E-state index in [2.05, 4.69) is 10.4 Å². The summed E-state index contributed by atoms with van der Waals surface area (Å²) in [6.07, 6.45) is 0.429. The van der Waals surface area contributed by atoms with E-state index in [0.29, 0.717) is 18.5 Å². The molecule has 2 aromatic rings. The molecule has 0 radical (unpaired) electrons. The standard InChI is InChI=1S/C19H21FN4O2S/c1-3-21-19(26)23(2)12-18(25)24-16(13-7-4-5-8-14(13)20)11-15(22-24)17-9-6-10-27-17/h4-10,16H,3,11-12H2,1-2H3,(H,21,26)/t16-/m1/s1. The fraction of sp³-hybridized carbons (Fsp3) is 0.316. The van der Waals surface area contributed by atoms with Gasteiger partial charge in [0.25, 0.3) is 5.91 Å². The van der Waals surface area contributed by atoms with Crippen LogP contribution in [0.3, 0.4) is 0 Å². The van der Waals surface area contributed by atoms with E-state index in [1.807, 2.05) is 17.5 Å². The molecular weight excluding hydrogens is 367 g/mol. The highest BCUT2D eigenvalue weighted by atomic mass is 32.1. The number of amides is 3.